The average Bonchev–Trinajstić information content (AvgIpc) is 2.62. The summed E-state index contributed by atoms with van der Waals surface area (Å²) in [6, 6.07) is 4.29. The molecule has 10 nitrogen and oxygen atoms in total. The van der Waals surface area contributed by atoms with Crippen LogP contribution in [0.25, 0.3) is 0 Å². The molecule has 6 N–H and O–H groups in total. The van der Waals surface area contributed by atoms with Crippen molar-refractivity contribution in [3.05, 3.63) is 29.8 Å². The zero-order chi connectivity index (χ0) is 19.3. The minimum absolute atomic E-state index is 0. The normalized spacial score (nSPS) is 17.7. The summed E-state index contributed by atoms with van der Waals surface area (Å²) < 4.78 is 0. The monoisotopic (exact) mass is 400 g/mol. The van der Waals surface area contributed by atoms with E-state index in [0.29, 0.717) is 4.90 Å². The van der Waals surface area contributed by atoms with Crippen LogP contribution in [0.5, 0.6) is 5.75 Å². The molecule has 0 spiro atoms. The zero-order valence-electron chi connectivity index (χ0n) is 14.3. The van der Waals surface area contributed by atoms with Crippen molar-refractivity contribution in [3.63, 3.8) is 0 Å². The van der Waals surface area contributed by atoms with E-state index in [1.54, 1.807) is 12.1 Å². The first-order valence-corrected chi connectivity index (χ1v) is 7.93. The molecular formula is C16H21ClN4O6. The van der Waals surface area contributed by atoms with Crippen LogP contribution in [0.2, 0.25) is 0 Å². The summed E-state index contributed by atoms with van der Waals surface area (Å²) in [4.78, 5) is 48.2. The molecule has 0 aliphatic carbocycles. The number of nitrogens with two attached hydrogens (primary N) is 1. The first-order chi connectivity index (χ1) is 12.3. The highest BCUT2D eigenvalue weighted by molar-refractivity contribution is 6.04. The number of hydrogen-bond donors (Lipinski definition) is 5. The number of aromatic hydroxyl groups is 1. The summed E-state index contributed by atoms with van der Waals surface area (Å²) in [6.07, 6.45) is 0.276. The third-order valence-electron chi connectivity index (χ3n) is 3.98. The Kier molecular flexibility index (Phi) is 8.16. The van der Waals surface area contributed by atoms with E-state index in [9.17, 15) is 24.3 Å². The number of halogens is 1. The average molecular weight is 401 g/mol. The molecule has 0 aromatic heterocycles. The maximum Gasteiger partial charge on any atom is 0.263 e. The second-order valence-electron chi connectivity index (χ2n) is 5.93. The van der Waals surface area contributed by atoms with Crippen molar-refractivity contribution in [2.24, 2.45) is 5.73 Å². The predicted octanol–water partition coefficient (Wildman–Crippen LogP) is -1.18. The predicted molar refractivity (Wildman–Crippen MR) is 94.8 cm³/mol. The minimum atomic E-state index is -0.974. The number of hydrogen-bond acceptors (Lipinski definition) is 7. The minimum Gasteiger partial charge on any atom is -0.508 e. The third kappa shape index (κ3) is 5.91. The fraction of sp³-hybridized carbons (Fsp3) is 0.375. The van der Waals surface area contributed by atoms with Crippen molar-refractivity contribution in [2.45, 2.75) is 31.3 Å². The number of carbonyl (C=O) groups excluding carboxylic acids is 4. The molecule has 148 valence electrons. The largest absolute Gasteiger partial charge is 0.508 e. The van der Waals surface area contributed by atoms with Crippen LogP contribution in [-0.4, -0.2) is 57.5 Å². The van der Waals surface area contributed by atoms with Gasteiger partial charge in [0, 0.05) is 6.42 Å². The highest BCUT2D eigenvalue weighted by Crippen LogP contribution is 2.14. The van der Waals surface area contributed by atoms with E-state index in [4.69, 9.17) is 10.9 Å². The molecular weight excluding hydrogens is 380 g/mol. The van der Waals surface area contributed by atoms with Crippen LogP contribution < -0.4 is 16.5 Å². The van der Waals surface area contributed by atoms with Gasteiger partial charge in [0.1, 0.15) is 18.3 Å². The molecule has 1 aliphatic rings. The van der Waals surface area contributed by atoms with Crippen molar-refractivity contribution < 1.29 is 29.5 Å². The van der Waals surface area contributed by atoms with Crippen LogP contribution in [0.1, 0.15) is 18.4 Å². The van der Waals surface area contributed by atoms with Crippen LogP contribution in [0.15, 0.2) is 24.3 Å². The molecule has 1 aliphatic heterocycles. The molecule has 1 aromatic rings. The maximum absolute atomic E-state index is 12.3. The van der Waals surface area contributed by atoms with Crippen LogP contribution in [-0.2, 0) is 25.6 Å². The smallest absolute Gasteiger partial charge is 0.263 e. The number of likely N-dealkylation sites (tertiary alicyclic amines) is 1. The van der Waals surface area contributed by atoms with Gasteiger partial charge < -0.3 is 16.2 Å². The van der Waals surface area contributed by atoms with E-state index in [1.807, 2.05) is 0 Å². The Morgan fingerprint density at radius 2 is 1.89 bits per heavy atom. The lowest BCUT2D eigenvalue weighted by Crippen LogP contribution is -2.58. The zero-order valence-corrected chi connectivity index (χ0v) is 15.1. The van der Waals surface area contributed by atoms with Crippen molar-refractivity contribution in [3.8, 4) is 5.75 Å². The van der Waals surface area contributed by atoms with Crippen molar-refractivity contribution >= 4 is 36.0 Å². The summed E-state index contributed by atoms with van der Waals surface area (Å²) >= 11 is 0. The fourth-order valence-corrected chi connectivity index (χ4v) is 2.57. The van der Waals surface area contributed by atoms with Crippen molar-refractivity contribution in [2.75, 3.05) is 6.54 Å². The number of hydroxylamine groups is 1. The quantitative estimate of drug-likeness (QED) is 0.228. The Bertz CT molecular complexity index is 711. The number of rotatable bonds is 6. The van der Waals surface area contributed by atoms with Crippen LogP contribution >= 0.6 is 12.4 Å². The molecule has 2 rings (SSSR count). The highest BCUT2D eigenvalue weighted by Gasteiger charge is 2.36. The molecule has 1 saturated heterocycles. The molecule has 0 saturated carbocycles. The Balaban J connectivity index is 0.00000364. The van der Waals surface area contributed by atoms with E-state index in [0.717, 1.165) is 5.56 Å². The number of imide groups is 1. The van der Waals surface area contributed by atoms with E-state index in [2.05, 4.69) is 5.32 Å². The van der Waals surface area contributed by atoms with Gasteiger partial charge in [-0.15, -0.1) is 12.4 Å². The van der Waals surface area contributed by atoms with E-state index < -0.39 is 42.3 Å². The summed E-state index contributed by atoms with van der Waals surface area (Å²) in [5, 5.41) is 20.3. The van der Waals surface area contributed by atoms with Gasteiger partial charge in [0.15, 0.2) is 0 Å². The standard InChI is InChI=1S/C16H20N4O6.ClH/c17-11(7-9-1-3-10(21)4-2-9)15(24)18-12-5-6-14(23)20(16(12)25)8-13(22)19-26;/h1-4,11-12,21,26H,5-8,17H2,(H,18,24)(H,19,22);1H/t11?,12-;/m0./s1. The summed E-state index contributed by atoms with van der Waals surface area (Å²) in [6.45, 7) is -0.625. The number of nitrogens with one attached hydrogen (secondary N) is 2. The number of carbonyl (C=O) groups is 4. The molecule has 11 heteroatoms. The molecule has 4 amide bonds. The second-order valence-corrected chi connectivity index (χ2v) is 5.93. The van der Waals surface area contributed by atoms with Crippen LogP contribution in [0, 0.1) is 0 Å². The van der Waals surface area contributed by atoms with Gasteiger partial charge in [-0.1, -0.05) is 12.1 Å². The molecule has 1 fully saturated rings. The van der Waals surface area contributed by atoms with Gasteiger partial charge in [0.05, 0.1) is 6.04 Å². The Morgan fingerprint density at radius 3 is 2.48 bits per heavy atom. The number of phenolic OH excluding ortho intramolecular Hbond substituents is 1. The third-order valence-corrected chi connectivity index (χ3v) is 3.98. The number of nitrogens with zero attached hydrogens (tertiary/aromatic N) is 1. The SMILES string of the molecule is Cl.NC(Cc1ccc(O)cc1)C(=O)N[C@H]1CCC(=O)N(CC(=O)NO)C1=O. The molecule has 1 heterocycles. The molecule has 1 unspecified atom stereocenters. The Morgan fingerprint density at radius 1 is 1.26 bits per heavy atom. The van der Waals surface area contributed by atoms with Crippen molar-refractivity contribution in [1.29, 1.82) is 0 Å². The lowest BCUT2D eigenvalue weighted by Gasteiger charge is -2.30. The molecule has 27 heavy (non-hydrogen) atoms. The first-order valence-electron chi connectivity index (χ1n) is 7.93. The van der Waals surface area contributed by atoms with E-state index >= 15 is 0 Å². The molecule has 1 aromatic carbocycles. The van der Waals surface area contributed by atoms with Crippen molar-refractivity contribution in [1.82, 2.24) is 15.7 Å². The van der Waals surface area contributed by atoms with Gasteiger partial charge in [-0.05, 0) is 30.5 Å². The fourth-order valence-electron chi connectivity index (χ4n) is 2.57. The van der Waals surface area contributed by atoms with Gasteiger partial charge in [-0.2, -0.15) is 0 Å². The van der Waals surface area contributed by atoms with Gasteiger partial charge >= 0.3 is 0 Å². The van der Waals surface area contributed by atoms with Crippen LogP contribution in [0.4, 0.5) is 0 Å². The first kappa shape index (κ1) is 22.4. The van der Waals surface area contributed by atoms with Gasteiger partial charge in [-0.25, -0.2) is 5.48 Å². The summed E-state index contributed by atoms with van der Waals surface area (Å²) in [5.74, 6) is -2.68. The summed E-state index contributed by atoms with van der Waals surface area (Å²) in [5.41, 5.74) is 7.93. The van der Waals surface area contributed by atoms with Gasteiger partial charge in [0.2, 0.25) is 11.8 Å². The maximum atomic E-state index is 12.3. The molecule has 0 bridgehead atoms. The van der Waals surface area contributed by atoms with Gasteiger partial charge in [-0.3, -0.25) is 29.3 Å². The molecule has 0 radical (unpaired) electrons. The van der Waals surface area contributed by atoms with Gasteiger partial charge in [0.25, 0.3) is 11.8 Å². The Hall–Kier alpha value is -2.69. The number of phenols is 1. The molecule has 2 atom stereocenters. The van der Waals surface area contributed by atoms with E-state index in [-0.39, 0.29) is 37.4 Å². The second kappa shape index (κ2) is 9.86. The Labute approximate surface area is 161 Å². The highest BCUT2D eigenvalue weighted by atomic mass is 35.5. The lowest BCUT2D eigenvalue weighted by molar-refractivity contribution is -0.154. The number of benzene rings is 1. The topological polar surface area (TPSA) is 162 Å². The van der Waals surface area contributed by atoms with E-state index in [1.165, 1.54) is 17.6 Å². The number of amides is 4. The lowest BCUT2D eigenvalue weighted by atomic mass is 10.0. The summed E-state index contributed by atoms with van der Waals surface area (Å²) in [7, 11) is 0. The number of piperidine rings is 1. The van der Waals surface area contributed by atoms with Crippen LogP contribution in [0.3, 0.4) is 0 Å².